The molecule has 0 saturated carbocycles. The van der Waals surface area contributed by atoms with Crippen LogP contribution < -0.4 is 10.1 Å². The molecule has 4 heteroatoms. The zero-order valence-corrected chi connectivity index (χ0v) is 12.6. The van der Waals surface area contributed by atoms with Gasteiger partial charge in [0, 0.05) is 24.6 Å². The van der Waals surface area contributed by atoms with Crippen molar-refractivity contribution < 1.29 is 14.6 Å². The van der Waals surface area contributed by atoms with Crippen LogP contribution in [0.25, 0.3) is 5.57 Å². The number of carbonyl (C=O) groups is 1. The maximum Gasteiger partial charge on any atom is 0.156 e. The molecule has 1 unspecified atom stereocenters. The molecule has 114 valence electrons. The number of ketones is 1. The van der Waals surface area contributed by atoms with E-state index in [4.69, 9.17) is 4.74 Å². The van der Waals surface area contributed by atoms with Gasteiger partial charge in [0.05, 0.1) is 0 Å². The van der Waals surface area contributed by atoms with E-state index >= 15 is 0 Å². The van der Waals surface area contributed by atoms with Gasteiger partial charge in [0.15, 0.2) is 5.78 Å². The van der Waals surface area contributed by atoms with E-state index in [9.17, 15) is 9.90 Å². The minimum absolute atomic E-state index is 0.168. The van der Waals surface area contributed by atoms with Crippen molar-refractivity contribution in [3.63, 3.8) is 0 Å². The highest BCUT2D eigenvalue weighted by Gasteiger charge is 2.17. The summed E-state index contributed by atoms with van der Waals surface area (Å²) in [7, 11) is 0. The van der Waals surface area contributed by atoms with E-state index in [-0.39, 0.29) is 12.4 Å². The Morgan fingerprint density at radius 3 is 2.71 bits per heavy atom. The van der Waals surface area contributed by atoms with Crippen LogP contribution in [0.3, 0.4) is 0 Å². The lowest BCUT2D eigenvalue weighted by atomic mass is 10.0. The van der Waals surface area contributed by atoms with Crippen molar-refractivity contribution in [1.82, 2.24) is 5.32 Å². The predicted octanol–water partition coefficient (Wildman–Crippen LogP) is 2.17. The summed E-state index contributed by atoms with van der Waals surface area (Å²) in [6.45, 7) is 4.80. The van der Waals surface area contributed by atoms with Gasteiger partial charge in [-0.25, -0.2) is 0 Å². The lowest BCUT2D eigenvalue weighted by Crippen LogP contribution is -2.35. The average molecular weight is 289 g/mol. The summed E-state index contributed by atoms with van der Waals surface area (Å²) < 4.78 is 5.74. The second-order valence-electron chi connectivity index (χ2n) is 5.66. The molecule has 1 atom stereocenters. The van der Waals surface area contributed by atoms with Crippen molar-refractivity contribution in [2.24, 2.45) is 0 Å². The molecule has 0 fully saturated rings. The number of aliphatic hydroxyl groups excluding tert-OH is 1. The smallest absolute Gasteiger partial charge is 0.156 e. The third-order valence-electron chi connectivity index (χ3n) is 3.40. The Labute approximate surface area is 125 Å². The van der Waals surface area contributed by atoms with Crippen molar-refractivity contribution in [3.05, 3.63) is 35.9 Å². The standard InChI is InChI=1S/C17H23NO3/c1-12(2)18-10-15(20)11-21-17-6-4-3-5-16(17)13-7-8-14(19)9-13/h3-6,9,12,15,18,20H,7-8,10-11H2,1-2H3. The number of aliphatic hydroxyl groups is 1. The lowest BCUT2D eigenvalue weighted by molar-refractivity contribution is -0.114. The minimum atomic E-state index is -0.556. The highest BCUT2D eigenvalue weighted by atomic mass is 16.5. The molecule has 0 aromatic heterocycles. The van der Waals surface area contributed by atoms with E-state index in [1.165, 1.54) is 0 Å². The molecule has 1 aromatic carbocycles. The molecular formula is C17H23NO3. The highest BCUT2D eigenvalue weighted by Crippen LogP contribution is 2.32. The summed E-state index contributed by atoms with van der Waals surface area (Å²) in [6.07, 6.45) is 2.47. The first kappa shape index (κ1) is 15.7. The first-order chi connectivity index (χ1) is 10.1. The van der Waals surface area contributed by atoms with Crippen LogP contribution in [0.5, 0.6) is 5.75 Å². The molecule has 1 aliphatic rings. The summed E-state index contributed by atoms with van der Waals surface area (Å²) in [4.78, 5) is 11.4. The molecule has 0 bridgehead atoms. The number of ether oxygens (including phenoxy) is 1. The van der Waals surface area contributed by atoms with E-state index < -0.39 is 6.10 Å². The number of para-hydroxylation sites is 1. The summed E-state index contributed by atoms with van der Waals surface area (Å²) in [5.41, 5.74) is 1.97. The topological polar surface area (TPSA) is 58.6 Å². The molecular weight excluding hydrogens is 266 g/mol. The fourth-order valence-corrected chi connectivity index (χ4v) is 2.28. The Hall–Kier alpha value is -1.65. The summed E-state index contributed by atoms with van der Waals surface area (Å²) in [6, 6.07) is 8.00. The largest absolute Gasteiger partial charge is 0.490 e. The van der Waals surface area contributed by atoms with Gasteiger partial charge in [0.25, 0.3) is 0 Å². The average Bonchev–Trinajstić information content (AvgIpc) is 2.89. The molecule has 21 heavy (non-hydrogen) atoms. The molecule has 1 aliphatic carbocycles. The van der Waals surface area contributed by atoms with Crippen LogP contribution in [0.4, 0.5) is 0 Å². The number of allylic oxidation sites excluding steroid dienone is 2. The predicted molar refractivity (Wildman–Crippen MR) is 83.3 cm³/mol. The zero-order valence-electron chi connectivity index (χ0n) is 12.6. The van der Waals surface area contributed by atoms with Gasteiger partial charge in [-0.3, -0.25) is 4.79 Å². The van der Waals surface area contributed by atoms with Gasteiger partial charge in [-0.15, -0.1) is 0 Å². The van der Waals surface area contributed by atoms with Crippen LogP contribution in [0.1, 0.15) is 32.3 Å². The van der Waals surface area contributed by atoms with Crippen LogP contribution in [0.15, 0.2) is 30.3 Å². The van der Waals surface area contributed by atoms with Gasteiger partial charge >= 0.3 is 0 Å². The molecule has 1 aromatic rings. The first-order valence-corrected chi connectivity index (χ1v) is 7.43. The van der Waals surface area contributed by atoms with Crippen LogP contribution in [0, 0.1) is 0 Å². The van der Waals surface area contributed by atoms with Crippen LogP contribution in [-0.4, -0.2) is 36.2 Å². The van der Waals surface area contributed by atoms with E-state index in [2.05, 4.69) is 5.32 Å². The van der Waals surface area contributed by atoms with Crippen molar-refractivity contribution in [1.29, 1.82) is 0 Å². The zero-order chi connectivity index (χ0) is 15.2. The molecule has 0 saturated heterocycles. The summed E-state index contributed by atoms with van der Waals surface area (Å²) in [5, 5.41) is 13.1. The second kappa shape index (κ2) is 7.38. The first-order valence-electron chi connectivity index (χ1n) is 7.43. The van der Waals surface area contributed by atoms with Crippen molar-refractivity contribution >= 4 is 11.4 Å². The number of hydrogen-bond acceptors (Lipinski definition) is 4. The molecule has 4 nitrogen and oxygen atoms in total. The maximum atomic E-state index is 11.4. The molecule has 0 heterocycles. The number of nitrogens with one attached hydrogen (secondary N) is 1. The lowest BCUT2D eigenvalue weighted by Gasteiger charge is -2.17. The Kier molecular flexibility index (Phi) is 5.53. The second-order valence-corrected chi connectivity index (χ2v) is 5.66. The Morgan fingerprint density at radius 1 is 1.29 bits per heavy atom. The van der Waals surface area contributed by atoms with Crippen molar-refractivity contribution in [2.75, 3.05) is 13.2 Å². The maximum absolute atomic E-state index is 11.4. The summed E-state index contributed by atoms with van der Waals surface area (Å²) >= 11 is 0. The van der Waals surface area contributed by atoms with E-state index in [1.54, 1.807) is 6.08 Å². The Morgan fingerprint density at radius 2 is 2.05 bits per heavy atom. The van der Waals surface area contributed by atoms with E-state index in [0.717, 1.165) is 23.3 Å². The normalized spacial score (nSPS) is 16.2. The molecule has 0 aliphatic heterocycles. The number of carbonyl (C=O) groups excluding carboxylic acids is 1. The van der Waals surface area contributed by atoms with E-state index in [0.29, 0.717) is 19.0 Å². The van der Waals surface area contributed by atoms with Crippen LogP contribution >= 0.6 is 0 Å². The third kappa shape index (κ3) is 4.69. The summed E-state index contributed by atoms with van der Waals surface area (Å²) in [5.74, 6) is 0.892. The monoisotopic (exact) mass is 289 g/mol. The van der Waals surface area contributed by atoms with Gasteiger partial charge in [-0.05, 0) is 24.1 Å². The van der Waals surface area contributed by atoms with Crippen molar-refractivity contribution in [3.8, 4) is 5.75 Å². The van der Waals surface area contributed by atoms with Crippen LogP contribution in [0.2, 0.25) is 0 Å². The van der Waals surface area contributed by atoms with E-state index in [1.807, 2.05) is 38.1 Å². The fraction of sp³-hybridized carbons (Fsp3) is 0.471. The third-order valence-corrected chi connectivity index (χ3v) is 3.40. The van der Waals surface area contributed by atoms with Crippen molar-refractivity contribution in [2.45, 2.75) is 38.8 Å². The minimum Gasteiger partial charge on any atom is -0.490 e. The van der Waals surface area contributed by atoms with Crippen LogP contribution in [-0.2, 0) is 4.79 Å². The Bertz CT molecular complexity index is 523. The Balaban J connectivity index is 1.97. The number of hydrogen-bond donors (Lipinski definition) is 2. The highest BCUT2D eigenvalue weighted by molar-refractivity contribution is 6.02. The van der Waals surface area contributed by atoms with Gasteiger partial charge in [0.1, 0.15) is 18.5 Å². The molecule has 2 N–H and O–H groups in total. The molecule has 0 radical (unpaired) electrons. The fourth-order valence-electron chi connectivity index (χ4n) is 2.28. The molecule has 0 spiro atoms. The SMILES string of the molecule is CC(C)NCC(O)COc1ccccc1C1=CC(=O)CC1. The van der Waals surface area contributed by atoms with Gasteiger partial charge in [-0.1, -0.05) is 32.0 Å². The van der Waals surface area contributed by atoms with Gasteiger partial charge < -0.3 is 15.2 Å². The number of benzene rings is 1. The molecule has 0 amide bonds. The quantitative estimate of drug-likeness (QED) is 0.807. The van der Waals surface area contributed by atoms with Gasteiger partial charge in [0.2, 0.25) is 0 Å². The molecule has 2 rings (SSSR count). The number of rotatable bonds is 7. The van der Waals surface area contributed by atoms with Gasteiger partial charge in [-0.2, -0.15) is 0 Å².